The molecule has 0 aromatic carbocycles. The third kappa shape index (κ3) is 2.62. The van der Waals surface area contributed by atoms with Crippen LogP contribution in [0.15, 0.2) is 18.5 Å². The lowest BCUT2D eigenvalue weighted by molar-refractivity contribution is 0.0169. The van der Waals surface area contributed by atoms with E-state index in [2.05, 4.69) is 10.3 Å². The molecule has 2 aromatic rings. The Balaban J connectivity index is 1.70. The first-order valence-electron chi connectivity index (χ1n) is 6.77. The van der Waals surface area contributed by atoms with Gasteiger partial charge in [0.25, 0.3) is 5.91 Å². The Kier molecular flexibility index (Phi) is 3.84. The summed E-state index contributed by atoms with van der Waals surface area (Å²) in [6, 6.07) is 1.84. The largest absolute Gasteiger partial charge is 0.397 e. The second-order valence-corrected chi connectivity index (χ2v) is 5.97. The number of nitrogens with zero attached hydrogens (tertiary/aromatic N) is 1. The highest BCUT2D eigenvalue weighted by molar-refractivity contribution is 7.21. The summed E-state index contributed by atoms with van der Waals surface area (Å²) in [5.41, 5.74) is 6.58. The monoisotopic (exact) mass is 291 g/mol. The minimum atomic E-state index is -0.127. The molecule has 0 radical (unpaired) electrons. The summed E-state index contributed by atoms with van der Waals surface area (Å²) in [7, 11) is 0. The zero-order valence-electron chi connectivity index (χ0n) is 11.1. The number of pyridine rings is 1. The standard InChI is InChI=1S/C14H17N3O2S/c15-12-10-4-5-16-8-11(10)20-13(12)14(18)17-7-9-3-1-2-6-19-9/h4-5,8-9H,1-3,6-7,15H2,(H,17,18). The van der Waals surface area contributed by atoms with E-state index in [9.17, 15) is 4.79 Å². The number of carbonyl (C=O) groups is 1. The first-order valence-corrected chi connectivity index (χ1v) is 7.59. The Hall–Kier alpha value is -1.66. The number of carbonyl (C=O) groups excluding carboxylic acids is 1. The van der Waals surface area contributed by atoms with E-state index >= 15 is 0 Å². The zero-order chi connectivity index (χ0) is 13.9. The lowest BCUT2D eigenvalue weighted by Crippen LogP contribution is -2.35. The molecule has 6 heteroatoms. The van der Waals surface area contributed by atoms with E-state index in [0.717, 1.165) is 36.0 Å². The number of nitrogens with one attached hydrogen (secondary N) is 1. The van der Waals surface area contributed by atoms with Crippen LogP contribution in [0, 0.1) is 0 Å². The molecule has 2 aromatic heterocycles. The van der Waals surface area contributed by atoms with Gasteiger partial charge in [0.05, 0.1) is 16.5 Å². The van der Waals surface area contributed by atoms with Gasteiger partial charge >= 0.3 is 0 Å². The summed E-state index contributed by atoms with van der Waals surface area (Å²) in [5, 5.41) is 3.81. The molecule has 3 N–H and O–H groups in total. The van der Waals surface area contributed by atoms with Crippen molar-refractivity contribution in [2.24, 2.45) is 0 Å². The summed E-state index contributed by atoms with van der Waals surface area (Å²) >= 11 is 1.38. The normalized spacial score (nSPS) is 19.1. The van der Waals surface area contributed by atoms with E-state index in [1.807, 2.05) is 6.07 Å². The van der Waals surface area contributed by atoms with Crippen molar-refractivity contribution in [1.29, 1.82) is 0 Å². The van der Waals surface area contributed by atoms with Gasteiger partial charge in [-0.1, -0.05) is 0 Å². The van der Waals surface area contributed by atoms with Crippen LogP contribution in [0.1, 0.15) is 28.9 Å². The summed E-state index contributed by atoms with van der Waals surface area (Å²) in [6.45, 7) is 1.34. The molecule has 1 aliphatic rings. The van der Waals surface area contributed by atoms with Crippen LogP contribution in [0.3, 0.4) is 0 Å². The van der Waals surface area contributed by atoms with Gasteiger partial charge in [-0.25, -0.2) is 0 Å². The molecular formula is C14H17N3O2S. The lowest BCUT2D eigenvalue weighted by Gasteiger charge is -2.22. The number of aromatic nitrogens is 1. The zero-order valence-corrected chi connectivity index (χ0v) is 11.9. The molecule has 1 amide bonds. The molecule has 1 fully saturated rings. The number of anilines is 1. The molecule has 1 unspecified atom stereocenters. The van der Waals surface area contributed by atoms with Crippen molar-refractivity contribution < 1.29 is 9.53 Å². The van der Waals surface area contributed by atoms with Crippen molar-refractivity contribution in [2.75, 3.05) is 18.9 Å². The van der Waals surface area contributed by atoms with Crippen molar-refractivity contribution in [3.8, 4) is 0 Å². The Morgan fingerprint density at radius 2 is 2.45 bits per heavy atom. The van der Waals surface area contributed by atoms with Gasteiger partial charge in [-0.05, 0) is 25.3 Å². The van der Waals surface area contributed by atoms with E-state index in [1.54, 1.807) is 12.4 Å². The summed E-state index contributed by atoms with van der Waals surface area (Å²) < 4.78 is 6.54. The van der Waals surface area contributed by atoms with Crippen LogP contribution in [0.5, 0.6) is 0 Å². The molecule has 1 aliphatic heterocycles. The highest BCUT2D eigenvalue weighted by Gasteiger charge is 2.19. The molecule has 106 valence electrons. The van der Waals surface area contributed by atoms with Gasteiger partial charge in [-0.2, -0.15) is 0 Å². The lowest BCUT2D eigenvalue weighted by atomic mass is 10.1. The first-order chi connectivity index (χ1) is 9.75. The van der Waals surface area contributed by atoms with Crippen LogP contribution in [-0.2, 0) is 4.74 Å². The molecule has 0 spiro atoms. The first kappa shape index (κ1) is 13.3. The van der Waals surface area contributed by atoms with Gasteiger partial charge in [0.1, 0.15) is 4.88 Å². The van der Waals surface area contributed by atoms with Gasteiger partial charge in [0.2, 0.25) is 0 Å². The van der Waals surface area contributed by atoms with E-state index in [-0.39, 0.29) is 12.0 Å². The molecule has 3 heterocycles. The Labute approximate surface area is 121 Å². The van der Waals surface area contributed by atoms with Gasteiger partial charge in [-0.3, -0.25) is 9.78 Å². The smallest absolute Gasteiger partial charge is 0.263 e. The quantitative estimate of drug-likeness (QED) is 0.908. The summed E-state index contributed by atoms with van der Waals surface area (Å²) in [6.07, 6.45) is 6.83. The summed E-state index contributed by atoms with van der Waals surface area (Å²) in [5.74, 6) is -0.127. The van der Waals surface area contributed by atoms with Crippen LogP contribution >= 0.6 is 11.3 Å². The number of hydrogen-bond donors (Lipinski definition) is 2. The van der Waals surface area contributed by atoms with E-state index < -0.39 is 0 Å². The minimum Gasteiger partial charge on any atom is -0.397 e. The maximum absolute atomic E-state index is 12.2. The number of hydrogen-bond acceptors (Lipinski definition) is 5. The molecule has 0 saturated carbocycles. The maximum atomic E-state index is 12.2. The number of fused-ring (bicyclic) bond motifs is 1. The highest BCUT2D eigenvalue weighted by atomic mass is 32.1. The predicted molar refractivity (Wildman–Crippen MR) is 80.0 cm³/mol. The molecule has 5 nitrogen and oxygen atoms in total. The predicted octanol–water partition coefficient (Wildman–Crippen LogP) is 2.18. The second-order valence-electron chi connectivity index (χ2n) is 4.92. The van der Waals surface area contributed by atoms with E-state index in [4.69, 9.17) is 10.5 Å². The number of nitrogens with two attached hydrogens (primary N) is 1. The van der Waals surface area contributed by atoms with Gasteiger partial charge in [0.15, 0.2) is 0 Å². The van der Waals surface area contributed by atoms with E-state index in [0.29, 0.717) is 17.1 Å². The van der Waals surface area contributed by atoms with Crippen LogP contribution in [0.4, 0.5) is 5.69 Å². The Morgan fingerprint density at radius 1 is 1.55 bits per heavy atom. The molecular weight excluding hydrogens is 274 g/mol. The topological polar surface area (TPSA) is 77.2 Å². The molecule has 3 rings (SSSR count). The van der Waals surface area contributed by atoms with Crippen molar-refractivity contribution in [2.45, 2.75) is 25.4 Å². The van der Waals surface area contributed by atoms with Crippen LogP contribution in [0.2, 0.25) is 0 Å². The van der Waals surface area contributed by atoms with Gasteiger partial charge in [-0.15, -0.1) is 11.3 Å². The Bertz CT molecular complexity index is 620. The Morgan fingerprint density at radius 3 is 3.20 bits per heavy atom. The van der Waals surface area contributed by atoms with Crippen LogP contribution in [-0.4, -0.2) is 30.1 Å². The minimum absolute atomic E-state index is 0.127. The third-order valence-electron chi connectivity index (χ3n) is 3.50. The molecule has 0 bridgehead atoms. The SMILES string of the molecule is Nc1c(C(=O)NCC2CCCCO2)sc2cnccc12. The van der Waals surface area contributed by atoms with Gasteiger partial charge < -0.3 is 15.8 Å². The number of rotatable bonds is 3. The summed E-state index contributed by atoms with van der Waals surface area (Å²) in [4.78, 5) is 16.8. The number of amides is 1. The fourth-order valence-corrected chi connectivity index (χ4v) is 3.40. The number of ether oxygens (including phenoxy) is 1. The van der Waals surface area contributed by atoms with Crippen LogP contribution in [0.25, 0.3) is 10.1 Å². The van der Waals surface area contributed by atoms with Crippen molar-refractivity contribution >= 4 is 33.0 Å². The molecule has 0 aliphatic carbocycles. The second kappa shape index (κ2) is 5.76. The highest BCUT2D eigenvalue weighted by Crippen LogP contribution is 2.32. The molecule has 1 saturated heterocycles. The fraction of sp³-hybridized carbons (Fsp3) is 0.429. The average molecular weight is 291 g/mol. The molecule has 1 atom stereocenters. The number of nitrogen functional groups attached to an aromatic ring is 1. The number of thiophene rings is 1. The van der Waals surface area contributed by atoms with Crippen molar-refractivity contribution in [3.63, 3.8) is 0 Å². The molecule has 20 heavy (non-hydrogen) atoms. The van der Waals surface area contributed by atoms with Gasteiger partial charge in [0, 0.05) is 30.9 Å². The van der Waals surface area contributed by atoms with Crippen LogP contribution < -0.4 is 11.1 Å². The fourth-order valence-electron chi connectivity index (χ4n) is 2.39. The van der Waals surface area contributed by atoms with E-state index in [1.165, 1.54) is 11.3 Å². The third-order valence-corrected chi connectivity index (χ3v) is 4.66. The van der Waals surface area contributed by atoms with Crippen molar-refractivity contribution in [3.05, 3.63) is 23.3 Å². The van der Waals surface area contributed by atoms with Crippen molar-refractivity contribution in [1.82, 2.24) is 10.3 Å². The maximum Gasteiger partial charge on any atom is 0.263 e. The average Bonchev–Trinajstić information content (AvgIpc) is 2.84.